The predicted octanol–water partition coefficient (Wildman–Crippen LogP) is 2.35. The number of aromatic nitrogens is 3. The van der Waals surface area contributed by atoms with Crippen LogP contribution in [0.3, 0.4) is 0 Å². The molecule has 1 aliphatic rings. The Balaban J connectivity index is 1.55. The van der Waals surface area contributed by atoms with Gasteiger partial charge in [-0.25, -0.2) is 0 Å². The molecule has 8 nitrogen and oxygen atoms in total. The molecule has 0 radical (unpaired) electrons. The van der Waals surface area contributed by atoms with E-state index < -0.39 is 0 Å². The molecule has 0 unspecified atom stereocenters. The lowest BCUT2D eigenvalue weighted by Gasteiger charge is -2.37. The van der Waals surface area contributed by atoms with Gasteiger partial charge in [-0.1, -0.05) is 13.8 Å². The van der Waals surface area contributed by atoms with Gasteiger partial charge in [-0.05, 0) is 44.0 Å². The largest absolute Gasteiger partial charge is 0.493 e. The van der Waals surface area contributed by atoms with E-state index in [0.29, 0.717) is 24.4 Å². The molecule has 1 fully saturated rings. The number of piperazine rings is 1. The minimum absolute atomic E-state index is 0.0608. The zero-order valence-corrected chi connectivity index (χ0v) is 18.9. The first-order chi connectivity index (χ1) is 14.8. The van der Waals surface area contributed by atoms with Crippen LogP contribution in [-0.4, -0.2) is 69.7 Å². The number of aryl methyl sites for hydroxylation is 1. The molecule has 2 heterocycles. The van der Waals surface area contributed by atoms with E-state index in [1.54, 1.807) is 0 Å². The van der Waals surface area contributed by atoms with Crippen molar-refractivity contribution in [2.45, 2.75) is 46.6 Å². The second kappa shape index (κ2) is 10.5. The summed E-state index contributed by atoms with van der Waals surface area (Å²) in [5.41, 5.74) is 0.740. The molecule has 1 amide bonds. The van der Waals surface area contributed by atoms with Gasteiger partial charge in [0.1, 0.15) is 11.4 Å². The van der Waals surface area contributed by atoms with Crippen LogP contribution in [0.4, 0.5) is 0 Å². The summed E-state index contributed by atoms with van der Waals surface area (Å²) in [4.78, 5) is 32.0. The Kier molecular flexibility index (Phi) is 7.79. The molecular weight excluding hydrogens is 394 g/mol. The molecule has 168 valence electrons. The topological polar surface area (TPSA) is 91.4 Å². The van der Waals surface area contributed by atoms with Crippen LogP contribution in [0.2, 0.25) is 0 Å². The van der Waals surface area contributed by atoms with E-state index >= 15 is 0 Å². The maximum atomic E-state index is 12.5. The maximum Gasteiger partial charge on any atom is 0.273 e. The summed E-state index contributed by atoms with van der Waals surface area (Å²) < 4.78 is 5.68. The minimum Gasteiger partial charge on any atom is -0.493 e. The fourth-order valence-corrected chi connectivity index (χ4v) is 3.50. The summed E-state index contributed by atoms with van der Waals surface area (Å²) in [6.45, 7) is 12.4. The molecule has 1 aliphatic heterocycles. The van der Waals surface area contributed by atoms with Gasteiger partial charge < -0.3 is 14.6 Å². The van der Waals surface area contributed by atoms with Gasteiger partial charge in [0.25, 0.3) is 5.56 Å². The number of H-pyrrole nitrogens is 1. The van der Waals surface area contributed by atoms with Gasteiger partial charge in [-0.3, -0.25) is 14.5 Å². The molecule has 3 rings (SSSR count). The average molecular weight is 428 g/mol. The molecule has 0 spiro atoms. The van der Waals surface area contributed by atoms with Crippen LogP contribution in [0.15, 0.2) is 29.1 Å². The first kappa shape index (κ1) is 22.9. The summed E-state index contributed by atoms with van der Waals surface area (Å²) >= 11 is 0. The van der Waals surface area contributed by atoms with Gasteiger partial charge in [-0.15, -0.1) is 10.2 Å². The number of amides is 1. The monoisotopic (exact) mass is 427 g/mol. The van der Waals surface area contributed by atoms with Gasteiger partial charge in [-0.2, -0.15) is 0 Å². The van der Waals surface area contributed by atoms with Crippen molar-refractivity contribution in [2.75, 3.05) is 32.8 Å². The fourth-order valence-electron chi connectivity index (χ4n) is 3.50. The highest BCUT2D eigenvalue weighted by atomic mass is 16.5. The number of nitrogens with zero attached hydrogens (tertiary/aromatic N) is 4. The third kappa shape index (κ3) is 6.37. The van der Waals surface area contributed by atoms with Crippen molar-refractivity contribution in [3.63, 3.8) is 0 Å². The van der Waals surface area contributed by atoms with E-state index in [-0.39, 0.29) is 30.0 Å². The predicted molar refractivity (Wildman–Crippen MR) is 120 cm³/mol. The second-order valence-corrected chi connectivity index (χ2v) is 8.69. The summed E-state index contributed by atoms with van der Waals surface area (Å²) in [7, 11) is 0. The highest BCUT2D eigenvalue weighted by Crippen LogP contribution is 2.19. The molecule has 0 atom stereocenters. The number of aromatic amines is 1. The van der Waals surface area contributed by atoms with E-state index in [1.165, 1.54) is 0 Å². The quantitative estimate of drug-likeness (QED) is 0.695. The Labute approximate surface area is 183 Å². The third-order valence-electron chi connectivity index (χ3n) is 5.45. The number of carbonyl (C=O) groups excluding carboxylic acids is 1. The molecular formula is C23H33N5O3. The number of nitrogens with one attached hydrogen (secondary N) is 1. The van der Waals surface area contributed by atoms with Crippen molar-refractivity contribution in [1.29, 1.82) is 0 Å². The van der Waals surface area contributed by atoms with Crippen molar-refractivity contribution in [1.82, 2.24) is 25.0 Å². The SMILES string of the molecule is CC(C)COc1ccc(-c2nnc(CCC(=O)N3CCN(C(C)C)CC3)c(=O)[nH]2)cc1. The first-order valence-electron chi connectivity index (χ1n) is 11.0. The highest BCUT2D eigenvalue weighted by molar-refractivity contribution is 5.76. The normalized spacial score (nSPS) is 15.0. The number of hydrogen-bond donors (Lipinski definition) is 1. The van der Waals surface area contributed by atoms with Crippen molar-refractivity contribution in [2.24, 2.45) is 5.92 Å². The fraction of sp³-hybridized carbons (Fsp3) is 0.565. The molecule has 0 aliphatic carbocycles. The van der Waals surface area contributed by atoms with E-state index in [4.69, 9.17) is 4.74 Å². The molecule has 1 saturated heterocycles. The van der Waals surface area contributed by atoms with Crippen molar-refractivity contribution < 1.29 is 9.53 Å². The standard InChI is InChI=1S/C23H33N5O3/c1-16(2)15-31-19-7-5-18(6-8-19)22-24-23(30)20(25-26-22)9-10-21(29)28-13-11-27(12-14-28)17(3)4/h5-8,16-17H,9-15H2,1-4H3,(H,24,26,30). The Morgan fingerprint density at radius 3 is 2.32 bits per heavy atom. The lowest BCUT2D eigenvalue weighted by Crippen LogP contribution is -2.50. The number of hydrogen-bond acceptors (Lipinski definition) is 6. The third-order valence-corrected chi connectivity index (χ3v) is 5.45. The number of ether oxygens (including phenoxy) is 1. The molecule has 1 N–H and O–H groups in total. The van der Waals surface area contributed by atoms with Crippen LogP contribution < -0.4 is 10.3 Å². The van der Waals surface area contributed by atoms with E-state index in [9.17, 15) is 9.59 Å². The zero-order chi connectivity index (χ0) is 22.4. The molecule has 0 saturated carbocycles. The second-order valence-electron chi connectivity index (χ2n) is 8.69. The van der Waals surface area contributed by atoms with Gasteiger partial charge in [0.05, 0.1) is 6.61 Å². The van der Waals surface area contributed by atoms with E-state index in [1.807, 2.05) is 29.2 Å². The van der Waals surface area contributed by atoms with Crippen LogP contribution in [0.5, 0.6) is 5.75 Å². The lowest BCUT2D eigenvalue weighted by molar-refractivity contribution is -0.133. The Morgan fingerprint density at radius 1 is 1.06 bits per heavy atom. The van der Waals surface area contributed by atoms with Crippen molar-refractivity contribution >= 4 is 5.91 Å². The average Bonchev–Trinajstić information content (AvgIpc) is 2.77. The van der Waals surface area contributed by atoms with Crippen molar-refractivity contribution in [3.8, 4) is 17.1 Å². The smallest absolute Gasteiger partial charge is 0.273 e. The van der Waals surface area contributed by atoms with Gasteiger partial charge in [0, 0.05) is 50.6 Å². The van der Waals surface area contributed by atoms with Crippen molar-refractivity contribution in [3.05, 3.63) is 40.3 Å². The molecule has 0 bridgehead atoms. The summed E-state index contributed by atoms with van der Waals surface area (Å²) in [5, 5.41) is 8.24. The van der Waals surface area contributed by atoms with Crippen LogP contribution in [0.1, 0.15) is 39.8 Å². The summed E-state index contributed by atoms with van der Waals surface area (Å²) in [6.07, 6.45) is 0.550. The first-order valence-corrected chi connectivity index (χ1v) is 11.0. The summed E-state index contributed by atoms with van der Waals surface area (Å²) in [5.74, 6) is 1.69. The molecule has 2 aromatic rings. The van der Waals surface area contributed by atoms with Crippen LogP contribution >= 0.6 is 0 Å². The van der Waals surface area contributed by atoms with Crippen LogP contribution in [-0.2, 0) is 11.2 Å². The Bertz CT molecular complexity index is 916. The molecule has 1 aromatic heterocycles. The number of rotatable bonds is 8. The van der Waals surface area contributed by atoms with Gasteiger partial charge in [0.2, 0.25) is 5.91 Å². The maximum absolute atomic E-state index is 12.5. The summed E-state index contributed by atoms with van der Waals surface area (Å²) in [6, 6.07) is 7.88. The molecule has 1 aromatic carbocycles. The van der Waals surface area contributed by atoms with E-state index in [0.717, 1.165) is 37.5 Å². The Hall–Kier alpha value is -2.74. The number of benzene rings is 1. The van der Waals surface area contributed by atoms with E-state index in [2.05, 4.69) is 47.8 Å². The van der Waals surface area contributed by atoms with Gasteiger partial charge >= 0.3 is 0 Å². The highest BCUT2D eigenvalue weighted by Gasteiger charge is 2.22. The van der Waals surface area contributed by atoms with Crippen LogP contribution in [0, 0.1) is 5.92 Å². The lowest BCUT2D eigenvalue weighted by atomic mass is 10.2. The van der Waals surface area contributed by atoms with Gasteiger partial charge in [0.15, 0.2) is 5.82 Å². The number of carbonyl (C=O) groups is 1. The molecule has 31 heavy (non-hydrogen) atoms. The minimum atomic E-state index is -0.303. The zero-order valence-electron chi connectivity index (χ0n) is 18.9. The Morgan fingerprint density at radius 2 is 1.74 bits per heavy atom. The van der Waals surface area contributed by atoms with Crippen LogP contribution in [0.25, 0.3) is 11.4 Å². The molecule has 8 heteroatoms.